The van der Waals surface area contributed by atoms with Crippen LogP contribution in [0.2, 0.25) is 0 Å². The molecule has 9 nitrogen and oxygen atoms in total. The number of benzene rings is 2. The van der Waals surface area contributed by atoms with Crippen molar-refractivity contribution in [2.24, 2.45) is 5.92 Å². The van der Waals surface area contributed by atoms with Crippen LogP contribution in [-0.2, 0) is 11.2 Å². The van der Waals surface area contributed by atoms with Gasteiger partial charge in [-0.15, -0.1) is 0 Å². The van der Waals surface area contributed by atoms with E-state index in [1.165, 1.54) is 5.56 Å². The number of rotatable bonds is 2. The van der Waals surface area contributed by atoms with E-state index in [-0.39, 0.29) is 16.9 Å². The Hall–Kier alpha value is -4.32. The smallest absolute Gasteiger partial charge is 0.258 e. The van der Waals surface area contributed by atoms with Crippen LogP contribution in [0.1, 0.15) is 22.6 Å². The number of nitrogens with zero attached hydrogens (tertiary/aromatic N) is 3. The lowest BCUT2D eigenvalue weighted by atomic mass is 9.79. The first kappa shape index (κ1) is 19.4. The first-order valence-corrected chi connectivity index (χ1v) is 10.7. The minimum absolute atomic E-state index is 0.175. The zero-order chi connectivity index (χ0) is 22.5. The predicted molar refractivity (Wildman–Crippen MR) is 119 cm³/mol. The van der Waals surface area contributed by atoms with E-state index in [9.17, 15) is 14.9 Å². The Morgan fingerprint density at radius 2 is 1.91 bits per heavy atom. The molecule has 0 aliphatic carbocycles. The second kappa shape index (κ2) is 7.38. The summed E-state index contributed by atoms with van der Waals surface area (Å²) in [6.07, 6.45) is 0.833. The Morgan fingerprint density at radius 3 is 2.76 bits per heavy atom. The molecular weight excluding hydrogens is 422 g/mol. The molecule has 3 aromatic rings. The van der Waals surface area contributed by atoms with Crippen molar-refractivity contribution in [2.45, 2.75) is 12.3 Å². The van der Waals surface area contributed by atoms with E-state index in [1.807, 2.05) is 29.2 Å². The molecule has 2 N–H and O–H groups in total. The number of carbonyl (C=O) groups is 1. The fourth-order valence-electron chi connectivity index (χ4n) is 4.80. The predicted octanol–water partition coefficient (Wildman–Crippen LogP) is 2.46. The van der Waals surface area contributed by atoms with E-state index >= 15 is 0 Å². The van der Waals surface area contributed by atoms with Crippen LogP contribution in [0.4, 0.5) is 17.5 Å². The highest BCUT2D eigenvalue weighted by Gasteiger charge is 2.41. The number of aromatic nitrogens is 2. The molecule has 1 aromatic heterocycles. The SMILES string of the molecule is N#CC1C(=O)Nc2nc(N3CCc4ccccc43)[nH]c(=O)c2C1c1ccc2c(c1)OCCO2. The molecule has 0 saturated carbocycles. The summed E-state index contributed by atoms with van der Waals surface area (Å²) in [6.45, 7) is 1.53. The second-order valence-electron chi connectivity index (χ2n) is 8.16. The normalized spacial score (nSPS) is 20.5. The topological polar surface area (TPSA) is 120 Å². The van der Waals surface area contributed by atoms with Gasteiger partial charge in [-0.2, -0.15) is 10.2 Å². The molecular formula is C24H19N5O4. The molecule has 0 spiro atoms. The molecule has 4 heterocycles. The standard InChI is InChI=1S/C24H19N5O4/c25-12-15-19(14-5-6-17-18(11-14)33-10-9-32-17)20-21(26-22(15)30)27-24(28-23(20)31)29-8-7-13-3-1-2-4-16(13)29/h1-6,11,15,19H,7-10H2,(H2,26,27,28,30,31). The lowest BCUT2D eigenvalue weighted by Gasteiger charge is -2.30. The van der Waals surface area contributed by atoms with E-state index in [4.69, 9.17) is 9.47 Å². The van der Waals surface area contributed by atoms with Gasteiger partial charge in [0.2, 0.25) is 11.9 Å². The maximum atomic E-state index is 13.4. The minimum atomic E-state index is -1.08. The first-order valence-electron chi connectivity index (χ1n) is 10.7. The van der Waals surface area contributed by atoms with Crippen molar-refractivity contribution in [1.29, 1.82) is 5.26 Å². The molecule has 0 radical (unpaired) electrons. The fraction of sp³-hybridized carbons (Fsp3) is 0.250. The third-order valence-electron chi connectivity index (χ3n) is 6.32. The summed E-state index contributed by atoms with van der Waals surface area (Å²) in [6, 6.07) is 15.2. The van der Waals surface area contributed by atoms with Crippen LogP contribution in [0.3, 0.4) is 0 Å². The van der Waals surface area contributed by atoms with Crippen molar-refractivity contribution in [3.63, 3.8) is 0 Å². The van der Waals surface area contributed by atoms with Crippen molar-refractivity contribution in [2.75, 3.05) is 30.0 Å². The van der Waals surface area contributed by atoms with E-state index in [0.29, 0.717) is 42.8 Å². The van der Waals surface area contributed by atoms with Crippen LogP contribution in [0.25, 0.3) is 0 Å². The van der Waals surface area contributed by atoms with Crippen LogP contribution in [0.5, 0.6) is 11.5 Å². The number of fused-ring (bicyclic) bond motifs is 3. The van der Waals surface area contributed by atoms with Crippen LogP contribution >= 0.6 is 0 Å². The number of anilines is 3. The van der Waals surface area contributed by atoms with Crippen molar-refractivity contribution in [3.8, 4) is 17.6 Å². The molecule has 9 heteroatoms. The molecule has 2 aromatic carbocycles. The molecule has 2 unspecified atom stereocenters. The van der Waals surface area contributed by atoms with Crippen LogP contribution < -0.4 is 25.2 Å². The Morgan fingerprint density at radius 1 is 1.09 bits per heavy atom. The average Bonchev–Trinajstić information content (AvgIpc) is 3.27. The minimum Gasteiger partial charge on any atom is -0.486 e. The van der Waals surface area contributed by atoms with Gasteiger partial charge in [0.25, 0.3) is 5.56 Å². The van der Waals surface area contributed by atoms with E-state index in [1.54, 1.807) is 18.2 Å². The number of amides is 1. The van der Waals surface area contributed by atoms with Gasteiger partial charge in [-0.3, -0.25) is 14.6 Å². The fourth-order valence-corrected chi connectivity index (χ4v) is 4.80. The molecule has 0 saturated heterocycles. The Bertz CT molecular complexity index is 1390. The molecule has 3 aliphatic heterocycles. The number of aromatic amines is 1. The lowest BCUT2D eigenvalue weighted by Crippen LogP contribution is -2.39. The summed E-state index contributed by atoms with van der Waals surface area (Å²) in [5.41, 5.74) is 2.63. The molecule has 0 fully saturated rings. The van der Waals surface area contributed by atoms with Gasteiger partial charge in [0.1, 0.15) is 24.9 Å². The quantitative estimate of drug-likeness (QED) is 0.627. The van der Waals surface area contributed by atoms with Gasteiger partial charge in [0, 0.05) is 18.2 Å². The molecule has 164 valence electrons. The summed E-state index contributed by atoms with van der Waals surface area (Å²) in [5.74, 6) is -0.704. The molecule has 3 aliphatic rings. The van der Waals surface area contributed by atoms with Crippen LogP contribution in [0, 0.1) is 17.2 Å². The second-order valence-corrected chi connectivity index (χ2v) is 8.16. The van der Waals surface area contributed by atoms with E-state index in [0.717, 1.165) is 12.1 Å². The maximum Gasteiger partial charge on any atom is 0.258 e. The van der Waals surface area contributed by atoms with Crippen LogP contribution in [0.15, 0.2) is 47.3 Å². The molecule has 1 amide bonds. The van der Waals surface area contributed by atoms with Gasteiger partial charge >= 0.3 is 0 Å². The third kappa shape index (κ3) is 3.03. The zero-order valence-corrected chi connectivity index (χ0v) is 17.5. The van der Waals surface area contributed by atoms with Crippen molar-refractivity contribution < 1.29 is 14.3 Å². The maximum absolute atomic E-state index is 13.4. The average molecular weight is 441 g/mol. The number of para-hydroxylation sites is 1. The third-order valence-corrected chi connectivity index (χ3v) is 6.32. The van der Waals surface area contributed by atoms with Crippen molar-refractivity contribution in [3.05, 3.63) is 69.5 Å². The highest BCUT2D eigenvalue weighted by Crippen LogP contribution is 2.42. The van der Waals surface area contributed by atoms with Crippen molar-refractivity contribution >= 4 is 23.4 Å². The summed E-state index contributed by atoms with van der Waals surface area (Å²) in [4.78, 5) is 35.6. The van der Waals surface area contributed by atoms with E-state index < -0.39 is 17.7 Å². The number of nitrogens with one attached hydrogen (secondary N) is 2. The van der Waals surface area contributed by atoms with E-state index in [2.05, 4.69) is 21.4 Å². The summed E-state index contributed by atoms with van der Waals surface area (Å²) in [5, 5.41) is 12.5. The summed E-state index contributed by atoms with van der Waals surface area (Å²) >= 11 is 0. The highest BCUT2D eigenvalue weighted by molar-refractivity contribution is 5.98. The number of ether oxygens (including phenoxy) is 2. The zero-order valence-electron chi connectivity index (χ0n) is 17.5. The Balaban J connectivity index is 1.48. The Kier molecular flexibility index (Phi) is 4.33. The monoisotopic (exact) mass is 441 g/mol. The Labute approximate surface area is 188 Å². The number of carbonyl (C=O) groups excluding carboxylic acids is 1. The number of nitriles is 1. The largest absolute Gasteiger partial charge is 0.486 e. The molecule has 0 bridgehead atoms. The number of hydrogen-bond acceptors (Lipinski definition) is 7. The molecule has 33 heavy (non-hydrogen) atoms. The van der Waals surface area contributed by atoms with Gasteiger partial charge in [-0.1, -0.05) is 24.3 Å². The molecule has 6 rings (SSSR count). The van der Waals surface area contributed by atoms with Crippen molar-refractivity contribution in [1.82, 2.24) is 9.97 Å². The molecule has 2 atom stereocenters. The van der Waals surface area contributed by atoms with Gasteiger partial charge in [0.05, 0.1) is 11.6 Å². The first-order chi connectivity index (χ1) is 16.1. The van der Waals surface area contributed by atoms with Crippen LogP contribution in [-0.4, -0.2) is 35.6 Å². The highest BCUT2D eigenvalue weighted by atomic mass is 16.6. The van der Waals surface area contributed by atoms with Gasteiger partial charge in [-0.25, -0.2) is 0 Å². The lowest BCUT2D eigenvalue weighted by molar-refractivity contribution is -0.119. The van der Waals surface area contributed by atoms with Gasteiger partial charge in [0.15, 0.2) is 11.5 Å². The van der Waals surface area contributed by atoms with Gasteiger partial charge in [-0.05, 0) is 35.7 Å². The summed E-state index contributed by atoms with van der Waals surface area (Å²) < 4.78 is 11.3. The number of H-pyrrole nitrogens is 1. The number of hydrogen-bond donors (Lipinski definition) is 2. The summed E-state index contributed by atoms with van der Waals surface area (Å²) in [7, 11) is 0. The van der Waals surface area contributed by atoms with Gasteiger partial charge < -0.3 is 19.7 Å².